The topological polar surface area (TPSA) is 39.2 Å². The van der Waals surface area contributed by atoms with E-state index in [-0.39, 0.29) is 5.78 Å². The molecule has 0 aliphatic heterocycles. The molecule has 0 spiro atoms. The lowest BCUT2D eigenvalue weighted by atomic mass is 10.1. The van der Waals surface area contributed by atoms with Crippen molar-refractivity contribution in [3.63, 3.8) is 0 Å². The van der Waals surface area contributed by atoms with Crippen molar-refractivity contribution in [2.45, 2.75) is 19.8 Å². The predicted molar refractivity (Wildman–Crippen MR) is 50.0 cm³/mol. The standard InChI is InChI=1S/C10H13NO2/c1-3-4-9(12)8-5-6-11-10(7-8)13-2/h5-7H,3-4H2,1-2H3. The molecule has 70 valence electrons. The van der Waals surface area contributed by atoms with Gasteiger partial charge in [0, 0.05) is 24.2 Å². The van der Waals surface area contributed by atoms with E-state index in [0.717, 1.165) is 6.42 Å². The fourth-order valence-electron chi connectivity index (χ4n) is 1.07. The molecule has 0 N–H and O–H groups in total. The highest BCUT2D eigenvalue weighted by Gasteiger charge is 2.05. The predicted octanol–water partition coefficient (Wildman–Crippen LogP) is 2.07. The minimum Gasteiger partial charge on any atom is -0.481 e. The summed E-state index contributed by atoms with van der Waals surface area (Å²) in [5.41, 5.74) is 0.675. The third-order valence-corrected chi connectivity index (χ3v) is 1.74. The van der Waals surface area contributed by atoms with E-state index in [0.29, 0.717) is 17.9 Å². The Bertz CT molecular complexity index is 297. The molecule has 1 aromatic heterocycles. The summed E-state index contributed by atoms with van der Waals surface area (Å²) in [4.78, 5) is 15.4. The molecule has 0 saturated heterocycles. The van der Waals surface area contributed by atoms with Crippen LogP contribution in [0.25, 0.3) is 0 Å². The van der Waals surface area contributed by atoms with Gasteiger partial charge in [0.05, 0.1) is 7.11 Å². The van der Waals surface area contributed by atoms with Gasteiger partial charge >= 0.3 is 0 Å². The third kappa shape index (κ3) is 2.54. The summed E-state index contributed by atoms with van der Waals surface area (Å²) in [6, 6.07) is 3.37. The highest BCUT2D eigenvalue weighted by molar-refractivity contribution is 5.96. The lowest BCUT2D eigenvalue weighted by molar-refractivity contribution is 0.0981. The van der Waals surface area contributed by atoms with Crippen LogP contribution in [0.15, 0.2) is 18.3 Å². The molecular formula is C10H13NO2. The summed E-state index contributed by atoms with van der Waals surface area (Å²) in [7, 11) is 1.54. The van der Waals surface area contributed by atoms with Gasteiger partial charge in [-0.15, -0.1) is 0 Å². The Hall–Kier alpha value is -1.38. The molecule has 1 heterocycles. The first-order valence-electron chi connectivity index (χ1n) is 4.31. The summed E-state index contributed by atoms with van der Waals surface area (Å²) in [5.74, 6) is 0.630. The van der Waals surface area contributed by atoms with Crippen LogP contribution in [0.4, 0.5) is 0 Å². The van der Waals surface area contributed by atoms with Crippen molar-refractivity contribution in [2.75, 3.05) is 7.11 Å². The van der Waals surface area contributed by atoms with Gasteiger partial charge in [-0.25, -0.2) is 4.98 Å². The molecule has 3 nitrogen and oxygen atoms in total. The number of pyridine rings is 1. The average Bonchev–Trinajstić information content (AvgIpc) is 2.18. The molecule has 13 heavy (non-hydrogen) atoms. The van der Waals surface area contributed by atoms with Gasteiger partial charge in [-0.2, -0.15) is 0 Å². The van der Waals surface area contributed by atoms with E-state index in [1.807, 2.05) is 6.92 Å². The van der Waals surface area contributed by atoms with E-state index < -0.39 is 0 Å². The zero-order chi connectivity index (χ0) is 9.68. The third-order valence-electron chi connectivity index (χ3n) is 1.74. The molecule has 0 aliphatic carbocycles. The summed E-state index contributed by atoms with van der Waals surface area (Å²) >= 11 is 0. The zero-order valence-electron chi connectivity index (χ0n) is 7.91. The van der Waals surface area contributed by atoms with Crippen molar-refractivity contribution in [3.8, 4) is 5.88 Å². The largest absolute Gasteiger partial charge is 0.481 e. The van der Waals surface area contributed by atoms with Gasteiger partial charge in [-0.05, 0) is 12.5 Å². The minimum atomic E-state index is 0.142. The van der Waals surface area contributed by atoms with Crippen LogP contribution in [-0.4, -0.2) is 17.9 Å². The summed E-state index contributed by atoms with van der Waals surface area (Å²) < 4.78 is 4.92. The van der Waals surface area contributed by atoms with Crippen LogP contribution in [0.3, 0.4) is 0 Å². The van der Waals surface area contributed by atoms with E-state index >= 15 is 0 Å². The second-order valence-electron chi connectivity index (χ2n) is 2.76. The molecule has 0 radical (unpaired) electrons. The Kier molecular flexibility index (Phi) is 3.43. The highest BCUT2D eigenvalue weighted by Crippen LogP contribution is 2.11. The number of ether oxygens (including phenoxy) is 1. The molecule has 0 atom stereocenters. The van der Waals surface area contributed by atoms with Crippen molar-refractivity contribution in [1.29, 1.82) is 0 Å². The Labute approximate surface area is 77.8 Å². The molecule has 1 rings (SSSR count). The van der Waals surface area contributed by atoms with Crippen LogP contribution in [0.5, 0.6) is 5.88 Å². The highest BCUT2D eigenvalue weighted by atomic mass is 16.5. The van der Waals surface area contributed by atoms with E-state index in [2.05, 4.69) is 4.98 Å². The number of carbonyl (C=O) groups is 1. The van der Waals surface area contributed by atoms with Crippen molar-refractivity contribution in [3.05, 3.63) is 23.9 Å². The number of hydrogen-bond donors (Lipinski definition) is 0. The Morgan fingerprint density at radius 3 is 3.00 bits per heavy atom. The van der Waals surface area contributed by atoms with Crippen LogP contribution >= 0.6 is 0 Å². The number of methoxy groups -OCH3 is 1. The first kappa shape index (κ1) is 9.71. The number of rotatable bonds is 4. The molecule has 0 amide bonds. The van der Waals surface area contributed by atoms with Crippen LogP contribution in [0.2, 0.25) is 0 Å². The molecular weight excluding hydrogens is 166 g/mol. The second kappa shape index (κ2) is 4.60. The Morgan fingerprint density at radius 1 is 1.62 bits per heavy atom. The van der Waals surface area contributed by atoms with Gasteiger partial charge in [0.2, 0.25) is 5.88 Å². The number of ketones is 1. The normalized spacial score (nSPS) is 9.69. The average molecular weight is 179 g/mol. The molecule has 0 saturated carbocycles. The molecule has 3 heteroatoms. The second-order valence-corrected chi connectivity index (χ2v) is 2.76. The lowest BCUT2D eigenvalue weighted by Gasteiger charge is -2.01. The first-order chi connectivity index (χ1) is 6.27. The van der Waals surface area contributed by atoms with E-state index in [1.165, 1.54) is 7.11 Å². The maximum Gasteiger partial charge on any atom is 0.213 e. The van der Waals surface area contributed by atoms with Gasteiger partial charge in [-0.1, -0.05) is 6.92 Å². The lowest BCUT2D eigenvalue weighted by Crippen LogP contribution is -1.99. The monoisotopic (exact) mass is 179 g/mol. The van der Waals surface area contributed by atoms with Gasteiger partial charge in [0.15, 0.2) is 5.78 Å². The van der Waals surface area contributed by atoms with Gasteiger partial charge < -0.3 is 4.74 Å². The van der Waals surface area contributed by atoms with Crippen LogP contribution in [0, 0.1) is 0 Å². The molecule has 1 aromatic rings. The fraction of sp³-hybridized carbons (Fsp3) is 0.400. The smallest absolute Gasteiger partial charge is 0.213 e. The molecule has 0 unspecified atom stereocenters. The quantitative estimate of drug-likeness (QED) is 0.664. The van der Waals surface area contributed by atoms with Crippen molar-refractivity contribution in [1.82, 2.24) is 4.98 Å². The van der Waals surface area contributed by atoms with Crippen molar-refractivity contribution >= 4 is 5.78 Å². The van der Waals surface area contributed by atoms with Gasteiger partial charge in [0.1, 0.15) is 0 Å². The Balaban J connectivity index is 2.82. The Morgan fingerprint density at radius 2 is 2.38 bits per heavy atom. The maximum absolute atomic E-state index is 11.4. The van der Waals surface area contributed by atoms with Crippen molar-refractivity contribution < 1.29 is 9.53 Å². The van der Waals surface area contributed by atoms with E-state index in [9.17, 15) is 4.79 Å². The van der Waals surface area contributed by atoms with Crippen LogP contribution < -0.4 is 4.74 Å². The molecule has 0 aromatic carbocycles. The fourth-order valence-corrected chi connectivity index (χ4v) is 1.07. The summed E-state index contributed by atoms with van der Waals surface area (Å²) in [5, 5.41) is 0. The number of aromatic nitrogens is 1. The molecule has 0 bridgehead atoms. The van der Waals surface area contributed by atoms with Gasteiger partial charge in [0.25, 0.3) is 0 Å². The zero-order valence-corrected chi connectivity index (χ0v) is 7.91. The summed E-state index contributed by atoms with van der Waals surface area (Å²) in [6.45, 7) is 1.98. The number of carbonyl (C=O) groups excluding carboxylic acids is 1. The first-order valence-corrected chi connectivity index (χ1v) is 4.31. The van der Waals surface area contributed by atoms with Crippen molar-refractivity contribution in [2.24, 2.45) is 0 Å². The van der Waals surface area contributed by atoms with E-state index in [4.69, 9.17) is 4.74 Å². The van der Waals surface area contributed by atoms with E-state index in [1.54, 1.807) is 18.3 Å². The SMILES string of the molecule is CCCC(=O)c1ccnc(OC)c1. The number of Topliss-reactive ketones (excluding diaryl/α,β-unsaturated/α-hetero) is 1. The maximum atomic E-state index is 11.4. The minimum absolute atomic E-state index is 0.142. The summed E-state index contributed by atoms with van der Waals surface area (Å²) in [6.07, 6.45) is 3.03. The molecule has 0 aliphatic rings. The van der Waals surface area contributed by atoms with Gasteiger partial charge in [-0.3, -0.25) is 4.79 Å². The number of nitrogens with zero attached hydrogens (tertiary/aromatic N) is 1. The van der Waals surface area contributed by atoms with Crippen LogP contribution in [0.1, 0.15) is 30.1 Å². The molecule has 0 fully saturated rings. The van der Waals surface area contributed by atoms with Crippen LogP contribution in [-0.2, 0) is 0 Å². The number of hydrogen-bond acceptors (Lipinski definition) is 3.